The minimum atomic E-state index is 0.824. The van der Waals surface area contributed by atoms with Crippen molar-refractivity contribution in [3.63, 3.8) is 0 Å². The Morgan fingerprint density at radius 2 is 1.79 bits per heavy atom. The molecule has 0 aliphatic carbocycles. The van der Waals surface area contributed by atoms with E-state index in [-0.39, 0.29) is 0 Å². The smallest absolute Gasteiger partial charge is 0.161 e. The van der Waals surface area contributed by atoms with Crippen LogP contribution in [0.15, 0.2) is 42.6 Å². The molecular formula is C20H23N2O2+. The van der Waals surface area contributed by atoms with Crippen molar-refractivity contribution in [3.05, 3.63) is 59.3 Å². The van der Waals surface area contributed by atoms with Gasteiger partial charge in [0, 0.05) is 34.6 Å². The Morgan fingerprint density at radius 3 is 2.58 bits per heavy atom. The number of H-pyrrole nitrogens is 1. The summed E-state index contributed by atoms with van der Waals surface area (Å²) >= 11 is 0. The Kier molecular flexibility index (Phi) is 3.90. The fourth-order valence-corrected chi connectivity index (χ4v) is 3.73. The summed E-state index contributed by atoms with van der Waals surface area (Å²) in [5, 5.41) is 1.34. The molecule has 3 aromatic rings. The van der Waals surface area contributed by atoms with Gasteiger partial charge < -0.3 is 19.4 Å². The highest BCUT2D eigenvalue weighted by Gasteiger charge is 2.23. The number of fused-ring (bicyclic) bond motifs is 2. The molecule has 0 fully saturated rings. The summed E-state index contributed by atoms with van der Waals surface area (Å²) in [4.78, 5) is 4.96. The molecule has 2 N–H and O–H groups in total. The maximum absolute atomic E-state index is 5.46. The van der Waals surface area contributed by atoms with Crippen molar-refractivity contribution in [1.82, 2.24) is 4.98 Å². The highest BCUT2D eigenvalue weighted by Crippen LogP contribution is 2.31. The molecule has 124 valence electrons. The van der Waals surface area contributed by atoms with E-state index in [9.17, 15) is 0 Å². The fourth-order valence-electron chi connectivity index (χ4n) is 3.73. The molecule has 4 nitrogen and oxygen atoms in total. The van der Waals surface area contributed by atoms with Gasteiger partial charge in [0.05, 0.1) is 20.8 Å². The number of aromatic amines is 1. The summed E-state index contributed by atoms with van der Waals surface area (Å²) in [6.45, 7) is 3.20. The Hall–Kier alpha value is -2.46. The van der Waals surface area contributed by atoms with Crippen LogP contribution in [0.25, 0.3) is 10.9 Å². The molecule has 0 amide bonds. The first-order chi connectivity index (χ1) is 11.8. The number of para-hydroxylation sites is 1. The summed E-state index contributed by atoms with van der Waals surface area (Å²) in [7, 11) is 3.39. The van der Waals surface area contributed by atoms with E-state index in [1.807, 2.05) is 0 Å². The highest BCUT2D eigenvalue weighted by molar-refractivity contribution is 5.82. The molecule has 0 radical (unpaired) electrons. The molecular weight excluding hydrogens is 300 g/mol. The molecule has 2 aromatic carbocycles. The van der Waals surface area contributed by atoms with Gasteiger partial charge in [0.15, 0.2) is 11.5 Å². The molecule has 0 saturated heterocycles. The van der Waals surface area contributed by atoms with Gasteiger partial charge >= 0.3 is 0 Å². The van der Waals surface area contributed by atoms with E-state index in [0.717, 1.165) is 37.6 Å². The summed E-state index contributed by atoms with van der Waals surface area (Å²) in [6, 6.07) is 12.8. The van der Waals surface area contributed by atoms with Gasteiger partial charge in [-0.1, -0.05) is 18.2 Å². The van der Waals surface area contributed by atoms with Crippen LogP contribution >= 0.6 is 0 Å². The van der Waals surface area contributed by atoms with E-state index >= 15 is 0 Å². The zero-order chi connectivity index (χ0) is 16.5. The van der Waals surface area contributed by atoms with Crippen molar-refractivity contribution in [1.29, 1.82) is 0 Å². The van der Waals surface area contributed by atoms with Gasteiger partial charge in [-0.2, -0.15) is 0 Å². The van der Waals surface area contributed by atoms with Crippen LogP contribution in [-0.2, 0) is 19.5 Å². The molecule has 24 heavy (non-hydrogen) atoms. The van der Waals surface area contributed by atoms with Crippen molar-refractivity contribution in [3.8, 4) is 11.5 Å². The molecule has 4 heteroatoms. The second-order valence-corrected chi connectivity index (χ2v) is 6.44. The number of ether oxygens (including phenoxy) is 2. The van der Waals surface area contributed by atoms with Gasteiger partial charge in [-0.15, -0.1) is 0 Å². The van der Waals surface area contributed by atoms with Crippen LogP contribution in [0.1, 0.15) is 16.7 Å². The second-order valence-electron chi connectivity index (χ2n) is 6.44. The van der Waals surface area contributed by atoms with E-state index < -0.39 is 0 Å². The van der Waals surface area contributed by atoms with Gasteiger partial charge in [0.25, 0.3) is 0 Å². The molecule has 4 rings (SSSR count). The molecule has 1 aliphatic heterocycles. The third-order valence-electron chi connectivity index (χ3n) is 5.01. The first-order valence-corrected chi connectivity index (χ1v) is 8.41. The summed E-state index contributed by atoms with van der Waals surface area (Å²) < 4.78 is 10.9. The van der Waals surface area contributed by atoms with Crippen LogP contribution < -0.4 is 14.4 Å². The van der Waals surface area contributed by atoms with Crippen LogP contribution in [0.2, 0.25) is 0 Å². The van der Waals surface area contributed by atoms with E-state index in [1.54, 1.807) is 19.1 Å². The Bertz CT molecular complexity index is 869. The van der Waals surface area contributed by atoms with Crippen molar-refractivity contribution in [2.75, 3.05) is 20.8 Å². The van der Waals surface area contributed by atoms with E-state index in [0.29, 0.717) is 0 Å². The zero-order valence-electron chi connectivity index (χ0n) is 14.2. The number of rotatable bonds is 4. The predicted molar refractivity (Wildman–Crippen MR) is 94.8 cm³/mol. The maximum atomic E-state index is 5.46. The van der Waals surface area contributed by atoms with Crippen molar-refractivity contribution < 1.29 is 14.4 Å². The minimum Gasteiger partial charge on any atom is -0.493 e. The first kappa shape index (κ1) is 15.1. The van der Waals surface area contributed by atoms with Crippen LogP contribution in [0.5, 0.6) is 11.5 Å². The lowest BCUT2D eigenvalue weighted by molar-refractivity contribution is -0.929. The average Bonchev–Trinajstić information content (AvgIpc) is 3.03. The summed E-state index contributed by atoms with van der Waals surface area (Å²) in [5.41, 5.74) is 5.37. The van der Waals surface area contributed by atoms with Crippen LogP contribution in [-0.4, -0.2) is 25.7 Å². The van der Waals surface area contributed by atoms with Gasteiger partial charge in [-0.25, -0.2) is 0 Å². The molecule has 0 spiro atoms. The summed E-state index contributed by atoms with van der Waals surface area (Å²) in [6.07, 6.45) is 3.23. The molecule has 1 aromatic heterocycles. The van der Waals surface area contributed by atoms with Crippen LogP contribution in [0, 0.1) is 0 Å². The molecule has 2 heterocycles. The number of nitrogens with one attached hydrogen (secondary N) is 2. The van der Waals surface area contributed by atoms with E-state index in [1.165, 1.54) is 27.6 Å². The van der Waals surface area contributed by atoms with E-state index in [4.69, 9.17) is 9.47 Å². The Labute approximate surface area is 142 Å². The first-order valence-electron chi connectivity index (χ1n) is 8.41. The largest absolute Gasteiger partial charge is 0.493 e. The third kappa shape index (κ3) is 2.63. The fraction of sp³-hybridized carbons (Fsp3) is 0.300. The number of benzene rings is 2. The maximum Gasteiger partial charge on any atom is 0.161 e. The lowest BCUT2D eigenvalue weighted by Gasteiger charge is -2.26. The number of methoxy groups -OCH3 is 2. The van der Waals surface area contributed by atoms with Crippen LogP contribution in [0.3, 0.4) is 0 Å². The third-order valence-corrected chi connectivity index (χ3v) is 5.01. The Morgan fingerprint density at radius 1 is 1.04 bits per heavy atom. The van der Waals surface area contributed by atoms with E-state index in [2.05, 4.69) is 47.6 Å². The number of hydrogen-bond acceptors (Lipinski definition) is 2. The molecule has 0 bridgehead atoms. The lowest BCUT2D eigenvalue weighted by atomic mass is 9.98. The highest BCUT2D eigenvalue weighted by atomic mass is 16.5. The number of aromatic nitrogens is 1. The van der Waals surface area contributed by atoms with Crippen molar-refractivity contribution >= 4 is 10.9 Å². The molecule has 1 aliphatic rings. The minimum absolute atomic E-state index is 0.824. The standard InChI is InChI=1S/C20H22N2O2/c1-23-19-9-14-7-8-22(12-15(14)10-20(19)24-2)13-16-11-21-18-6-4-3-5-17(16)18/h3-6,9-11,21H,7-8,12-13H2,1-2H3/p+1. The quantitative estimate of drug-likeness (QED) is 0.773. The van der Waals surface area contributed by atoms with Crippen molar-refractivity contribution in [2.24, 2.45) is 0 Å². The topological polar surface area (TPSA) is 38.7 Å². The van der Waals surface area contributed by atoms with Gasteiger partial charge in [-0.3, -0.25) is 0 Å². The SMILES string of the molecule is COc1cc2c(cc1OC)C[NH+](Cc1c[nH]c3ccccc13)CC2. The van der Waals surface area contributed by atoms with Crippen LogP contribution in [0.4, 0.5) is 0 Å². The monoisotopic (exact) mass is 323 g/mol. The number of quaternary nitrogens is 1. The Balaban J connectivity index is 1.58. The number of hydrogen-bond donors (Lipinski definition) is 2. The van der Waals surface area contributed by atoms with Gasteiger partial charge in [0.2, 0.25) is 0 Å². The molecule has 1 atom stereocenters. The summed E-state index contributed by atoms with van der Waals surface area (Å²) in [5.74, 6) is 1.65. The van der Waals surface area contributed by atoms with Crippen molar-refractivity contribution in [2.45, 2.75) is 19.5 Å². The lowest BCUT2D eigenvalue weighted by Crippen LogP contribution is -3.10. The normalized spacial score (nSPS) is 16.8. The average molecular weight is 323 g/mol. The molecule has 0 saturated carbocycles. The van der Waals surface area contributed by atoms with Gasteiger partial charge in [-0.05, 0) is 23.8 Å². The second kappa shape index (κ2) is 6.21. The zero-order valence-corrected chi connectivity index (χ0v) is 14.2. The predicted octanol–water partition coefficient (Wildman–Crippen LogP) is 2.33. The van der Waals surface area contributed by atoms with Gasteiger partial charge in [0.1, 0.15) is 13.1 Å². The molecule has 1 unspecified atom stereocenters.